The van der Waals surface area contributed by atoms with Crippen molar-refractivity contribution >= 4 is 11.9 Å². The van der Waals surface area contributed by atoms with Crippen LogP contribution >= 0.6 is 0 Å². The number of carbonyl (C=O) groups is 2. The fourth-order valence-corrected chi connectivity index (χ4v) is 0.770. The number of amides is 1. The van der Waals surface area contributed by atoms with Crippen molar-refractivity contribution in [1.29, 1.82) is 0 Å². The minimum absolute atomic E-state index is 0.123. The largest absolute Gasteiger partial charge is 0.459 e. The van der Waals surface area contributed by atoms with E-state index in [-0.39, 0.29) is 13.2 Å². The lowest BCUT2D eigenvalue weighted by Crippen LogP contribution is -2.31. The van der Waals surface area contributed by atoms with Gasteiger partial charge >= 0.3 is 11.9 Å². The van der Waals surface area contributed by atoms with Gasteiger partial charge in [-0.05, 0) is 6.92 Å². The van der Waals surface area contributed by atoms with Gasteiger partial charge in [0.15, 0.2) is 5.76 Å². The Morgan fingerprint density at radius 3 is 3.00 bits per heavy atom. The second-order valence-corrected chi connectivity index (χ2v) is 2.38. The Hall–Kier alpha value is -1.85. The van der Waals surface area contributed by atoms with Gasteiger partial charge in [-0.25, -0.2) is 4.79 Å². The lowest BCUT2D eigenvalue weighted by Gasteiger charge is -2.01. The van der Waals surface area contributed by atoms with Gasteiger partial charge in [-0.15, -0.1) is 0 Å². The van der Waals surface area contributed by atoms with Crippen molar-refractivity contribution in [1.82, 2.24) is 10.5 Å². The quantitative estimate of drug-likeness (QED) is 0.539. The number of aromatic nitrogens is 1. The predicted octanol–water partition coefficient (Wildman–Crippen LogP) is -0.146. The second-order valence-electron chi connectivity index (χ2n) is 2.38. The van der Waals surface area contributed by atoms with E-state index in [0.29, 0.717) is 5.76 Å². The first kappa shape index (κ1) is 10.2. The van der Waals surface area contributed by atoms with Crippen LogP contribution in [0.1, 0.15) is 12.7 Å². The van der Waals surface area contributed by atoms with Gasteiger partial charge in [-0.2, -0.15) is 0 Å². The molecule has 0 fully saturated rings. The molecule has 1 aromatic rings. The first-order valence-corrected chi connectivity index (χ1v) is 4.08. The van der Waals surface area contributed by atoms with E-state index in [1.54, 1.807) is 13.0 Å². The van der Waals surface area contributed by atoms with Crippen molar-refractivity contribution in [3.63, 3.8) is 0 Å². The van der Waals surface area contributed by atoms with Crippen LogP contribution in [0.15, 0.2) is 16.8 Å². The third-order valence-corrected chi connectivity index (χ3v) is 1.38. The molecule has 14 heavy (non-hydrogen) atoms. The Labute approximate surface area is 80.2 Å². The lowest BCUT2D eigenvalue weighted by molar-refractivity contribution is -0.154. The summed E-state index contributed by atoms with van der Waals surface area (Å²) in [6, 6.07) is 1.59. The van der Waals surface area contributed by atoms with Crippen molar-refractivity contribution in [2.24, 2.45) is 0 Å². The fraction of sp³-hybridized carbons (Fsp3) is 0.375. The first-order chi connectivity index (χ1) is 6.74. The van der Waals surface area contributed by atoms with Crippen molar-refractivity contribution in [3.05, 3.63) is 18.0 Å². The number of nitrogens with one attached hydrogen (secondary N) is 1. The highest BCUT2D eigenvalue weighted by Gasteiger charge is 2.14. The molecule has 1 N–H and O–H groups in total. The average molecular weight is 198 g/mol. The molecular weight excluding hydrogens is 188 g/mol. The number of rotatable bonds is 3. The van der Waals surface area contributed by atoms with Gasteiger partial charge < -0.3 is 14.6 Å². The number of carbonyl (C=O) groups excluding carboxylic acids is 2. The Bertz CT molecular complexity index is 307. The third-order valence-electron chi connectivity index (χ3n) is 1.38. The number of nitrogens with zero attached hydrogens (tertiary/aromatic N) is 1. The molecule has 1 heterocycles. The number of ether oxygens (including phenoxy) is 1. The van der Waals surface area contributed by atoms with Crippen LogP contribution in [-0.2, 0) is 20.9 Å². The molecule has 0 spiro atoms. The molecule has 0 saturated carbocycles. The highest BCUT2D eigenvalue weighted by Crippen LogP contribution is 1.94. The molecule has 0 aliphatic rings. The Kier molecular flexibility index (Phi) is 3.66. The number of hydrogen-bond acceptors (Lipinski definition) is 5. The Morgan fingerprint density at radius 2 is 2.43 bits per heavy atom. The zero-order valence-electron chi connectivity index (χ0n) is 7.65. The summed E-state index contributed by atoms with van der Waals surface area (Å²) in [4.78, 5) is 21.8. The van der Waals surface area contributed by atoms with Gasteiger partial charge in [0.05, 0.1) is 19.3 Å². The standard InChI is InChI=1S/C8H10N2O4/c1-2-13-8(12)7(11)9-5-6-3-4-10-14-6/h3-4H,2,5H2,1H3,(H,9,11). The summed E-state index contributed by atoms with van der Waals surface area (Å²) in [6.07, 6.45) is 1.45. The molecule has 76 valence electrons. The molecule has 0 atom stereocenters. The van der Waals surface area contributed by atoms with Crippen molar-refractivity contribution in [2.75, 3.05) is 6.61 Å². The molecule has 0 aromatic carbocycles. The van der Waals surface area contributed by atoms with E-state index in [9.17, 15) is 9.59 Å². The zero-order chi connectivity index (χ0) is 10.4. The van der Waals surface area contributed by atoms with Crippen molar-refractivity contribution in [2.45, 2.75) is 13.5 Å². The maximum Gasteiger partial charge on any atom is 0.396 e. The fourth-order valence-electron chi connectivity index (χ4n) is 0.770. The number of esters is 1. The van der Waals surface area contributed by atoms with E-state index < -0.39 is 11.9 Å². The molecule has 0 aliphatic carbocycles. The van der Waals surface area contributed by atoms with Crippen LogP contribution < -0.4 is 5.32 Å². The predicted molar refractivity (Wildman–Crippen MR) is 45.0 cm³/mol. The topological polar surface area (TPSA) is 81.4 Å². The summed E-state index contributed by atoms with van der Waals surface area (Å²) in [7, 11) is 0. The van der Waals surface area contributed by atoms with Gasteiger partial charge in [0.25, 0.3) is 0 Å². The van der Waals surface area contributed by atoms with Crippen LogP contribution in [-0.4, -0.2) is 23.6 Å². The third kappa shape index (κ3) is 2.89. The summed E-state index contributed by atoms with van der Waals surface area (Å²) >= 11 is 0. The summed E-state index contributed by atoms with van der Waals surface area (Å²) < 4.78 is 9.18. The molecule has 0 unspecified atom stereocenters. The van der Waals surface area contributed by atoms with E-state index in [4.69, 9.17) is 4.52 Å². The normalized spacial score (nSPS) is 9.50. The zero-order valence-corrected chi connectivity index (χ0v) is 7.65. The summed E-state index contributed by atoms with van der Waals surface area (Å²) in [5, 5.41) is 5.76. The van der Waals surface area contributed by atoms with E-state index in [0.717, 1.165) is 0 Å². The summed E-state index contributed by atoms with van der Waals surface area (Å²) in [5.41, 5.74) is 0. The average Bonchev–Trinajstić information content (AvgIpc) is 2.67. The van der Waals surface area contributed by atoms with Crippen LogP contribution in [0.25, 0.3) is 0 Å². The first-order valence-electron chi connectivity index (χ1n) is 4.08. The molecule has 1 aromatic heterocycles. The molecular formula is C8H10N2O4. The van der Waals surface area contributed by atoms with Gasteiger partial charge in [-0.1, -0.05) is 5.16 Å². The van der Waals surface area contributed by atoms with Crippen LogP contribution in [0.2, 0.25) is 0 Å². The molecule has 1 rings (SSSR count). The second kappa shape index (κ2) is 5.00. The highest BCUT2D eigenvalue weighted by atomic mass is 16.5. The minimum atomic E-state index is -0.896. The smallest absolute Gasteiger partial charge is 0.396 e. The molecule has 0 saturated heterocycles. The molecule has 0 aliphatic heterocycles. The highest BCUT2D eigenvalue weighted by molar-refractivity contribution is 6.32. The van der Waals surface area contributed by atoms with Gasteiger partial charge in [0, 0.05) is 6.07 Å². The van der Waals surface area contributed by atoms with Gasteiger partial charge in [0.1, 0.15) is 0 Å². The number of hydrogen-bond donors (Lipinski definition) is 1. The molecule has 1 amide bonds. The SMILES string of the molecule is CCOC(=O)C(=O)NCc1ccno1. The summed E-state index contributed by atoms with van der Waals surface area (Å²) in [6.45, 7) is 1.92. The van der Waals surface area contributed by atoms with Crippen molar-refractivity contribution in [3.8, 4) is 0 Å². The Balaban J connectivity index is 2.31. The minimum Gasteiger partial charge on any atom is -0.459 e. The summed E-state index contributed by atoms with van der Waals surface area (Å²) in [5.74, 6) is -1.21. The van der Waals surface area contributed by atoms with E-state index >= 15 is 0 Å². The molecule has 0 radical (unpaired) electrons. The lowest BCUT2D eigenvalue weighted by atomic mass is 10.4. The van der Waals surface area contributed by atoms with Crippen molar-refractivity contribution < 1.29 is 18.8 Å². The monoisotopic (exact) mass is 198 g/mol. The Morgan fingerprint density at radius 1 is 1.64 bits per heavy atom. The van der Waals surface area contributed by atoms with E-state index in [1.165, 1.54) is 6.20 Å². The van der Waals surface area contributed by atoms with E-state index in [1.807, 2.05) is 0 Å². The maximum atomic E-state index is 11.0. The van der Waals surface area contributed by atoms with E-state index in [2.05, 4.69) is 15.2 Å². The van der Waals surface area contributed by atoms with Gasteiger partial charge in [0.2, 0.25) is 0 Å². The molecule has 0 bridgehead atoms. The maximum absolute atomic E-state index is 11.0. The van der Waals surface area contributed by atoms with Crippen LogP contribution in [0.5, 0.6) is 0 Å². The molecule has 6 heteroatoms. The van der Waals surface area contributed by atoms with Crippen LogP contribution in [0.3, 0.4) is 0 Å². The van der Waals surface area contributed by atoms with Gasteiger partial charge in [-0.3, -0.25) is 4.79 Å². The van der Waals surface area contributed by atoms with Crippen LogP contribution in [0.4, 0.5) is 0 Å². The molecule has 6 nitrogen and oxygen atoms in total. The van der Waals surface area contributed by atoms with Crippen LogP contribution in [0, 0.1) is 0 Å².